The minimum atomic E-state index is -0.732. The van der Waals surface area contributed by atoms with Crippen molar-refractivity contribution >= 4 is 13.1 Å². The summed E-state index contributed by atoms with van der Waals surface area (Å²) in [5.41, 5.74) is 2.33. The Labute approximate surface area is 135 Å². The van der Waals surface area contributed by atoms with Gasteiger partial charge in [-0.25, -0.2) is 0 Å². The van der Waals surface area contributed by atoms with Gasteiger partial charge < -0.3 is 19.5 Å². The zero-order valence-corrected chi connectivity index (χ0v) is 12.8. The molecular weight excluding hydrogens is 293 g/mol. The van der Waals surface area contributed by atoms with Gasteiger partial charge in [-0.2, -0.15) is 5.26 Å². The van der Waals surface area contributed by atoms with Crippen LogP contribution in [0.25, 0.3) is 6.08 Å². The second kappa shape index (κ2) is 8.91. The van der Waals surface area contributed by atoms with E-state index in [9.17, 15) is 5.02 Å². The molecule has 0 aliphatic carbocycles. The van der Waals surface area contributed by atoms with Crippen LogP contribution in [0.5, 0.6) is 0 Å². The molecule has 0 saturated carbocycles. The first-order valence-corrected chi connectivity index (χ1v) is 7.27. The molecule has 0 fully saturated rings. The maximum absolute atomic E-state index is 9.61. The van der Waals surface area contributed by atoms with E-state index in [0.717, 1.165) is 5.56 Å². The summed E-state index contributed by atoms with van der Waals surface area (Å²) in [4.78, 5) is 0. The lowest BCUT2D eigenvalue weighted by Gasteiger charge is -2.18. The molecule has 1 heterocycles. The van der Waals surface area contributed by atoms with Crippen molar-refractivity contribution in [3.05, 3.63) is 59.5 Å². The van der Waals surface area contributed by atoms with E-state index in [2.05, 4.69) is 10.4 Å². The second-order valence-electron chi connectivity index (χ2n) is 5.01. The van der Waals surface area contributed by atoms with E-state index in [1.165, 1.54) is 12.3 Å². The molecule has 0 saturated heterocycles. The molecule has 1 atom stereocenters. The Bertz CT molecular complexity index is 665. The average molecular weight is 311 g/mol. The standard InChI is InChI=1S/C16H18BN3O3/c1-17(21)19-15(12-22-10-13-6-3-2-4-7-13)16-14(8-5-9-18)11-23-20-16/h2-8,11,15,19,21H,10,12H2,1H3. The molecule has 2 rings (SSSR count). The molecule has 0 aliphatic heterocycles. The van der Waals surface area contributed by atoms with Crippen LogP contribution in [0.15, 0.2) is 47.2 Å². The van der Waals surface area contributed by atoms with E-state index in [4.69, 9.17) is 14.5 Å². The van der Waals surface area contributed by atoms with Gasteiger partial charge >= 0.3 is 7.05 Å². The monoisotopic (exact) mass is 311 g/mol. The van der Waals surface area contributed by atoms with Crippen LogP contribution >= 0.6 is 0 Å². The van der Waals surface area contributed by atoms with Crippen molar-refractivity contribution in [2.24, 2.45) is 0 Å². The first kappa shape index (κ1) is 17.0. The van der Waals surface area contributed by atoms with E-state index in [1.54, 1.807) is 12.9 Å². The van der Waals surface area contributed by atoms with Crippen LogP contribution in [0.3, 0.4) is 0 Å². The van der Waals surface area contributed by atoms with Crippen LogP contribution in [0.2, 0.25) is 6.82 Å². The lowest BCUT2D eigenvalue weighted by molar-refractivity contribution is 0.101. The van der Waals surface area contributed by atoms with Crippen molar-refractivity contribution in [1.29, 1.82) is 5.26 Å². The molecule has 0 spiro atoms. The van der Waals surface area contributed by atoms with Crippen molar-refractivity contribution in [1.82, 2.24) is 10.4 Å². The van der Waals surface area contributed by atoms with Gasteiger partial charge in [0, 0.05) is 11.6 Å². The average Bonchev–Trinajstić information content (AvgIpc) is 3.01. The van der Waals surface area contributed by atoms with Crippen molar-refractivity contribution in [3.63, 3.8) is 0 Å². The van der Waals surface area contributed by atoms with Gasteiger partial charge in [-0.1, -0.05) is 35.5 Å². The highest BCUT2D eigenvalue weighted by molar-refractivity contribution is 6.45. The largest absolute Gasteiger partial charge is 0.437 e. The third kappa shape index (κ3) is 5.38. The fourth-order valence-corrected chi connectivity index (χ4v) is 2.14. The number of nitrogens with one attached hydrogen (secondary N) is 1. The smallest absolute Gasteiger partial charge is 0.374 e. The van der Waals surface area contributed by atoms with Crippen LogP contribution in [0.4, 0.5) is 0 Å². The Morgan fingerprint density at radius 2 is 2.26 bits per heavy atom. The van der Waals surface area contributed by atoms with E-state index in [0.29, 0.717) is 24.5 Å². The number of benzene rings is 1. The van der Waals surface area contributed by atoms with Crippen LogP contribution in [0, 0.1) is 11.3 Å². The van der Waals surface area contributed by atoms with Crippen LogP contribution in [-0.2, 0) is 11.3 Å². The number of hydrogen-bond donors (Lipinski definition) is 2. The highest BCUT2D eigenvalue weighted by Crippen LogP contribution is 2.19. The Morgan fingerprint density at radius 3 is 2.96 bits per heavy atom. The molecule has 2 N–H and O–H groups in total. The molecule has 0 bridgehead atoms. The molecule has 0 radical (unpaired) electrons. The topological polar surface area (TPSA) is 91.3 Å². The molecule has 118 valence electrons. The first-order chi connectivity index (χ1) is 11.2. The zero-order chi connectivity index (χ0) is 16.5. The summed E-state index contributed by atoms with van der Waals surface area (Å²) < 4.78 is 10.7. The van der Waals surface area contributed by atoms with E-state index in [1.807, 2.05) is 36.4 Å². The maximum Gasteiger partial charge on any atom is 0.374 e. The summed E-state index contributed by atoms with van der Waals surface area (Å²) in [6.07, 6.45) is 4.41. The summed E-state index contributed by atoms with van der Waals surface area (Å²) >= 11 is 0. The van der Waals surface area contributed by atoms with E-state index < -0.39 is 7.05 Å². The number of rotatable bonds is 8. The van der Waals surface area contributed by atoms with Gasteiger partial charge in [0.1, 0.15) is 12.0 Å². The Hall–Kier alpha value is -2.40. The lowest BCUT2D eigenvalue weighted by Crippen LogP contribution is -2.37. The highest BCUT2D eigenvalue weighted by Gasteiger charge is 2.21. The lowest BCUT2D eigenvalue weighted by atomic mass is 9.86. The van der Waals surface area contributed by atoms with Crippen molar-refractivity contribution in [2.45, 2.75) is 19.5 Å². The SMILES string of the molecule is CB(O)NC(COCc1ccccc1)c1nocc1C=CC#N. The molecule has 2 aromatic rings. The van der Waals surface area contributed by atoms with Gasteiger partial charge in [-0.3, -0.25) is 0 Å². The molecule has 1 aromatic heterocycles. The predicted molar refractivity (Wildman–Crippen MR) is 87.0 cm³/mol. The number of nitriles is 1. The normalized spacial score (nSPS) is 12.2. The minimum Gasteiger partial charge on any atom is -0.437 e. The molecule has 0 amide bonds. The second-order valence-corrected chi connectivity index (χ2v) is 5.01. The highest BCUT2D eigenvalue weighted by atomic mass is 16.5. The molecular formula is C16H18BN3O3. The van der Waals surface area contributed by atoms with Crippen LogP contribution in [-0.4, -0.2) is 23.8 Å². The molecule has 23 heavy (non-hydrogen) atoms. The summed E-state index contributed by atoms with van der Waals surface area (Å²) in [7, 11) is -0.732. The Morgan fingerprint density at radius 1 is 1.48 bits per heavy atom. The third-order valence-corrected chi connectivity index (χ3v) is 3.13. The fraction of sp³-hybridized carbons (Fsp3) is 0.250. The first-order valence-electron chi connectivity index (χ1n) is 7.27. The van der Waals surface area contributed by atoms with Crippen molar-refractivity contribution in [3.8, 4) is 6.07 Å². The number of nitrogens with zero attached hydrogens (tertiary/aromatic N) is 2. The molecule has 7 heteroatoms. The number of hydrogen-bond acceptors (Lipinski definition) is 6. The summed E-state index contributed by atoms with van der Waals surface area (Å²) in [6, 6.07) is 11.4. The molecule has 0 aliphatic rings. The van der Waals surface area contributed by atoms with Gasteiger partial charge in [0.15, 0.2) is 0 Å². The number of ether oxygens (including phenoxy) is 1. The van der Waals surface area contributed by atoms with Gasteiger partial charge in [0.2, 0.25) is 0 Å². The van der Waals surface area contributed by atoms with E-state index >= 15 is 0 Å². The van der Waals surface area contributed by atoms with Gasteiger partial charge in [0.05, 0.1) is 25.3 Å². The van der Waals surface area contributed by atoms with Crippen LogP contribution in [0.1, 0.15) is 22.9 Å². The fourth-order valence-electron chi connectivity index (χ4n) is 2.14. The summed E-state index contributed by atoms with van der Waals surface area (Å²) in [5.74, 6) is 0. The zero-order valence-electron chi connectivity index (χ0n) is 12.8. The quantitative estimate of drug-likeness (QED) is 0.573. The van der Waals surface area contributed by atoms with Crippen molar-refractivity contribution < 1.29 is 14.3 Å². The molecule has 6 nitrogen and oxygen atoms in total. The van der Waals surface area contributed by atoms with Gasteiger partial charge in [-0.05, 0) is 18.5 Å². The maximum atomic E-state index is 9.61. The number of aromatic nitrogens is 1. The Kier molecular flexibility index (Phi) is 6.57. The predicted octanol–water partition coefficient (Wildman–Crippen LogP) is 2.17. The van der Waals surface area contributed by atoms with E-state index in [-0.39, 0.29) is 6.04 Å². The minimum absolute atomic E-state index is 0.305. The molecule has 1 unspecified atom stereocenters. The van der Waals surface area contributed by atoms with Gasteiger partial charge in [0.25, 0.3) is 0 Å². The third-order valence-electron chi connectivity index (χ3n) is 3.13. The summed E-state index contributed by atoms with van der Waals surface area (Å²) in [6.45, 7) is 2.38. The van der Waals surface area contributed by atoms with Crippen LogP contribution < -0.4 is 5.23 Å². The van der Waals surface area contributed by atoms with Gasteiger partial charge in [-0.15, -0.1) is 0 Å². The summed E-state index contributed by atoms with van der Waals surface area (Å²) in [5, 5.41) is 25.2. The number of allylic oxidation sites excluding steroid dienone is 1. The molecule has 1 aromatic carbocycles. The Balaban J connectivity index is 2.04. The van der Waals surface area contributed by atoms with Crippen molar-refractivity contribution in [2.75, 3.05) is 6.61 Å².